The van der Waals surface area contributed by atoms with Crippen LogP contribution in [0.3, 0.4) is 0 Å². The summed E-state index contributed by atoms with van der Waals surface area (Å²) < 4.78 is 6.59. The molecule has 8 nitrogen and oxygen atoms in total. The quantitative estimate of drug-likeness (QED) is 0.494. The molecule has 0 unspecified atom stereocenters. The van der Waals surface area contributed by atoms with Crippen molar-refractivity contribution in [2.24, 2.45) is 0 Å². The Hall–Kier alpha value is -2.68. The SMILES string of the molecule is COCCNC(=O)CN1CCN(C(=O)C=Cc2c(C)nn(-c3ccccc3)c2Cl)CC1. The largest absolute Gasteiger partial charge is 0.383 e. The Balaban J connectivity index is 1.54. The number of nitrogens with zero attached hydrogens (tertiary/aromatic N) is 4. The summed E-state index contributed by atoms with van der Waals surface area (Å²) in [6.45, 7) is 5.65. The molecular weight excluding hydrogens is 418 g/mol. The van der Waals surface area contributed by atoms with Crippen LogP contribution in [0.2, 0.25) is 5.15 Å². The van der Waals surface area contributed by atoms with E-state index in [-0.39, 0.29) is 11.8 Å². The predicted molar refractivity (Wildman–Crippen MR) is 120 cm³/mol. The van der Waals surface area contributed by atoms with Gasteiger partial charge < -0.3 is 15.0 Å². The number of methoxy groups -OCH3 is 1. The van der Waals surface area contributed by atoms with Crippen molar-refractivity contribution in [3.05, 3.63) is 52.8 Å². The first-order valence-electron chi connectivity index (χ1n) is 10.2. The fourth-order valence-electron chi connectivity index (χ4n) is 3.38. The summed E-state index contributed by atoms with van der Waals surface area (Å²) in [6.07, 6.45) is 3.26. The van der Waals surface area contributed by atoms with Crippen molar-refractivity contribution >= 4 is 29.5 Å². The molecule has 1 saturated heterocycles. The minimum atomic E-state index is -0.0767. The van der Waals surface area contributed by atoms with Crippen molar-refractivity contribution in [3.8, 4) is 5.69 Å². The second-order valence-electron chi connectivity index (χ2n) is 7.31. The molecule has 1 aliphatic rings. The lowest BCUT2D eigenvalue weighted by Crippen LogP contribution is -2.51. The number of carbonyl (C=O) groups excluding carboxylic acids is 2. The molecule has 0 bridgehead atoms. The van der Waals surface area contributed by atoms with E-state index in [0.29, 0.717) is 51.0 Å². The monoisotopic (exact) mass is 445 g/mol. The second-order valence-corrected chi connectivity index (χ2v) is 7.67. The average molecular weight is 446 g/mol. The second kappa shape index (κ2) is 11.1. The molecule has 0 saturated carbocycles. The summed E-state index contributed by atoms with van der Waals surface area (Å²) in [5, 5.41) is 7.77. The molecule has 0 spiro atoms. The van der Waals surface area contributed by atoms with E-state index >= 15 is 0 Å². The maximum Gasteiger partial charge on any atom is 0.246 e. The first-order valence-corrected chi connectivity index (χ1v) is 10.6. The first-order chi connectivity index (χ1) is 15.0. The number of nitrogens with one attached hydrogen (secondary N) is 1. The third-order valence-electron chi connectivity index (χ3n) is 5.12. The van der Waals surface area contributed by atoms with Crippen molar-refractivity contribution in [2.45, 2.75) is 6.92 Å². The van der Waals surface area contributed by atoms with Crippen LogP contribution in [0.1, 0.15) is 11.3 Å². The van der Waals surface area contributed by atoms with E-state index in [0.717, 1.165) is 16.9 Å². The van der Waals surface area contributed by atoms with Crippen molar-refractivity contribution in [1.29, 1.82) is 0 Å². The number of aromatic nitrogens is 2. The van der Waals surface area contributed by atoms with Crippen molar-refractivity contribution in [1.82, 2.24) is 24.9 Å². The Morgan fingerprint density at radius 1 is 1.19 bits per heavy atom. The number of hydrogen-bond acceptors (Lipinski definition) is 5. The normalized spacial score (nSPS) is 14.9. The fraction of sp³-hybridized carbons (Fsp3) is 0.409. The molecule has 2 heterocycles. The summed E-state index contributed by atoms with van der Waals surface area (Å²) in [5.41, 5.74) is 2.34. The Kier molecular flexibility index (Phi) is 8.22. The number of para-hydroxylation sites is 1. The number of rotatable bonds is 8. The molecule has 0 aliphatic carbocycles. The van der Waals surface area contributed by atoms with Gasteiger partial charge in [0.2, 0.25) is 11.8 Å². The molecule has 3 rings (SSSR count). The number of amides is 2. The van der Waals surface area contributed by atoms with Gasteiger partial charge in [0.05, 0.1) is 24.5 Å². The van der Waals surface area contributed by atoms with E-state index in [2.05, 4.69) is 10.4 Å². The molecule has 0 atom stereocenters. The number of hydrogen-bond donors (Lipinski definition) is 1. The lowest BCUT2D eigenvalue weighted by molar-refractivity contribution is -0.128. The van der Waals surface area contributed by atoms with Crippen LogP contribution in [0.15, 0.2) is 36.4 Å². The van der Waals surface area contributed by atoms with Gasteiger partial charge in [0, 0.05) is 51.5 Å². The Bertz CT molecular complexity index is 921. The summed E-state index contributed by atoms with van der Waals surface area (Å²) in [4.78, 5) is 28.4. The van der Waals surface area contributed by atoms with Crippen molar-refractivity contribution in [2.75, 3.05) is 53.0 Å². The smallest absolute Gasteiger partial charge is 0.246 e. The summed E-state index contributed by atoms with van der Waals surface area (Å²) in [5.74, 6) is -0.107. The topological polar surface area (TPSA) is 79.7 Å². The van der Waals surface area contributed by atoms with Crippen LogP contribution in [0.25, 0.3) is 11.8 Å². The first kappa shape index (κ1) is 23.0. The van der Waals surface area contributed by atoms with Crippen LogP contribution >= 0.6 is 11.6 Å². The summed E-state index contributed by atoms with van der Waals surface area (Å²) >= 11 is 6.52. The van der Waals surface area contributed by atoms with Gasteiger partial charge in [-0.2, -0.15) is 5.10 Å². The molecule has 1 aromatic carbocycles. The third-order valence-corrected chi connectivity index (χ3v) is 5.48. The van der Waals surface area contributed by atoms with Gasteiger partial charge >= 0.3 is 0 Å². The zero-order valence-electron chi connectivity index (χ0n) is 17.9. The highest BCUT2D eigenvalue weighted by atomic mass is 35.5. The van der Waals surface area contributed by atoms with Crippen LogP contribution in [0.5, 0.6) is 0 Å². The molecule has 166 valence electrons. The molecule has 2 aromatic rings. The van der Waals surface area contributed by atoms with Crippen LogP contribution in [0.4, 0.5) is 0 Å². The lowest BCUT2D eigenvalue weighted by Gasteiger charge is -2.33. The van der Waals surface area contributed by atoms with Crippen molar-refractivity contribution < 1.29 is 14.3 Å². The fourth-order valence-corrected chi connectivity index (χ4v) is 3.71. The number of benzene rings is 1. The predicted octanol–water partition coefficient (Wildman–Crippen LogP) is 1.75. The summed E-state index contributed by atoms with van der Waals surface area (Å²) in [7, 11) is 1.60. The molecule has 0 radical (unpaired) electrons. The maximum absolute atomic E-state index is 12.6. The molecular formula is C22H28ClN5O3. The van der Waals surface area contributed by atoms with Gasteiger partial charge in [0.15, 0.2) is 0 Å². The number of ether oxygens (including phenoxy) is 1. The Labute approximate surface area is 187 Å². The van der Waals surface area contributed by atoms with Gasteiger partial charge in [0.25, 0.3) is 0 Å². The van der Waals surface area contributed by atoms with E-state index in [9.17, 15) is 9.59 Å². The van der Waals surface area contributed by atoms with E-state index < -0.39 is 0 Å². The van der Waals surface area contributed by atoms with E-state index in [1.807, 2.05) is 42.2 Å². The van der Waals surface area contributed by atoms with E-state index in [1.54, 1.807) is 28.8 Å². The number of aryl methyl sites for hydroxylation is 1. The van der Waals surface area contributed by atoms with Gasteiger partial charge in [0.1, 0.15) is 5.15 Å². The van der Waals surface area contributed by atoms with Gasteiger partial charge in [-0.05, 0) is 25.1 Å². The molecule has 31 heavy (non-hydrogen) atoms. The molecule has 1 N–H and O–H groups in total. The van der Waals surface area contributed by atoms with Crippen LogP contribution in [0, 0.1) is 6.92 Å². The molecule has 9 heteroatoms. The van der Waals surface area contributed by atoms with E-state index in [4.69, 9.17) is 16.3 Å². The van der Waals surface area contributed by atoms with E-state index in [1.165, 1.54) is 0 Å². The Morgan fingerprint density at radius 3 is 2.58 bits per heavy atom. The molecule has 1 aliphatic heterocycles. The standard InChI is InChI=1S/C22H28ClN5O3/c1-17-19(22(23)28(25-17)18-6-4-3-5-7-18)8-9-21(30)27-13-11-26(12-14-27)16-20(29)24-10-15-31-2/h3-9H,10-16H2,1-2H3,(H,24,29). The number of carbonyl (C=O) groups is 2. The zero-order chi connectivity index (χ0) is 22.2. The van der Waals surface area contributed by atoms with Crippen LogP contribution in [-0.4, -0.2) is 84.4 Å². The minimum absolute atomic E-state index is 0.0303. The maximum atomic E-state index is 12.6. The highest BCUT2D eigenvalue weighted by molar-refractivity contribution is 6.31. The van der Waals surface area contributed by atoms with Gasteiger partial charge in [-0.1, -0.05) is 29.8 Å². The highest BCUT2D eigenvalue weighted by Gasteiger charge is 2.21. The number of piperazine rings is 1. The van der Waals surface area contributed by atoms with Crippen molar-refractivity contribution in [3.63, 3.8) is 0 Å². The number of halogens is 1. The molecule has 2 amide bonds. The molecule has 1 aromatic heterocycles. The van der Waals surface area contributed by atoms with Crippen LogP contribution < -0.4 is 5.32 Å². The lowest BCUT2D eigenvalue weighted by atomic mass is 10.2. The summed E-state index contributed by atoms with van der Waals surface area (Å²) in [6, 6.07) is 9.62. The average Bonchev–Trinajstić information content (AvgIpc) is 3.06. The Morgan fingerprint density at radius 2 is 1.90 bits per heavy atom. The van der Waals surface area contributed by atoms with Gasteiger partial charge in [-0.25, -0.2) is 4.68 Å². The zero-order valence-corrected chi connectivity index (χ0v) is 18.6. The third kappa shape index (κ3) is 6.16. The van der Waals surface area contributed by atoms with Gasteiger partial charge in [-0.3, -0.25) is 14.5 Å². The minimum Gasteiger partial charge on any atom is -0.383 e. The highest BCUT2D eigenvalue weighted by Crippen LogP contribution is 2.24. The molecule has 1 fully saturated rings. The van der Waals surface area contributed by atoms with Gasteiger partial charge in [-0.15, -0.1) is 0 Å². The van der Waals surface area contributed by atoms with Crippen LogP contribution in [-0.2, 0) is 14.3 Å².